The number of hydrogen-bond donors (Lipinski definition) is 1. The summed E-state index contributed by atoms with van der Waals surface area (Å²) in [6, 6.07) is 7.06. The fraction of sp³-hybridized carbons (Fsp3) is 0.385. The molecule has 0 amide bonds. The van der Waals surface area contributed by atoms with Gasteiger partial charge in [0.05, 0.1) is 12.0 Å². The highest BCUT2D eigenvalue weighted by Crippen LogP contribution is 2.35. The van der Waals surface area contributed by atoms with Crippen molar-refractivity contribution >= 4 is 11.8 Å². The predicted octanol–water partition coefficient (Wildman–Crippen LogP) is 2.28. The smallest absolute Gasteiger partial charge is 0.303 e. The van der Waals surface area contributed by atoms with Crippen LogP contribution in [0.5, 0.6) is 5.75 Å². The Morgan fingerprint density at radius 1 is 1.47 bits per heavy atom. The second-order valence-electron chi connectivity index (χ2n) is 4.54. The molecule has 17 heavy (non-hydrogen) atoms. The summed E-state index contributed by atoms with van der Waals surface area (Å²) in [5, 5.41) is 8.68. The van der Waals surface area contributed by atoms with Crippen LogP contribution in [0, 0.1) is 0 Å². The molecule has 0 bridgehead atoms. The van der Waals surface area contributed by atoms with Crippen LogP contribution in [0.15, 0.2) is 24.3 Å². The van der Waals surface area contributed by atoms with E-state index >= 15 is 0 Å². The van der Waals surface area contributed by atoms with Crippen molar-refractivity contribution in [3.63, 3.8) is 0 Å². The molecule has 0 aromatic heterocycles. The molecular weight excluding hydrogens is 220 g/mol. The number of carbonyl (C=O) groups is 2. The maximum Gasteiger partial charge on any atom is 0.303 e. The number of Topliss-reactive ketones (excluding diaryl/α,β-unsaturated/α-hetero) is 1. The zero-order chi connectivity index (χ0) is 12.5. The van der Waals surface area contributed by atoms with Gasteiger partial charge >= 0.3 is 5.97 Å². The van der Waals surface area contributed by atoms with E-state index in [9.17, 15) is 9.59 Å². The van der Waals surface area contributed by atoms with Crippen LogP contribution in [-0.4, -0.2) is 22.5 Å². The van der Waals surface area contributed by atoms with Gasteiger partial charge in [0.25, 0.3) is 0 Å². The van der Waals surface area contributed by atoms with E-state index in [4.69, 9.17) is 9.84 Å². The van der Waals surface area contributed by atoms with Crippen molar-refractivity contribution in [2.75, 3.05) is 0 Å². The van der Waals surface area contributed by atoms with Crippen LogP contribution in [0.4, 0.5) is 0 Å². The first-order chi connectivity index (χ1) is 8.00. The molecule has 1 N–H and O–H groups in total. The number of aliphatic carboxylic acids is 1. The second-order valence-corrected chi connectivity index (χ2v) is 4.54. The SMILES string of the molecule is CC1(CCC(=O)O)CC(=O)c2ccccc2O1. The third-order valence-electron chi connectivity index (χ3n) is 2.95. The highest BCUT2D eigenvalue weighted by Gasteiger charge is 2.36. The summed E-state index contributed by atoms with van der Waals surface area (Å²) in [6.07, 6.45) is 0.575. The molecule has 1 atom stereocenters. The lowest BCUT2D eigenvalue weighted by Crippen LogP contribution is -2.39. The van der Waals surface area contributed by atoms with Gasteiger partial charge in [-0.15, -0.1) is 0 Å². The van der Waals surface area contributed by atoms with Gasteiger partial charge in [0.2, 0.25) is 0 Å². The van der Waals surface area contributed by atoms with Gasteiger partial charge in [0.1, 0.15) is 11.4 Å². The normalized spacial score (nSPS) is 22.8. The standard InChI is InChI=1S/C13H14O4/c1-13(7-6-12(15)16)8-10(14)9-4-2-3-5-11(9)17-13/h2-5H,6-8H2,1H3,(H,15,16). The van der Waals surface area contributed by atoms with Gasteiger partial charge in [0.15, 0.2) is 5.78 Å². The Morgan fingerprint density at radius 2 is 2.18 bits per heavy atom. The summed E-state index contributed by atoms with van der Waals surface area (Å²) in [6.45, 7) is 1.78. The number of carbonyl (C=O) groups excluding carboxylic acids is 1. The first-order valence-electron chi connectivity index (χ1n) is 5.53. The van der Waals surface area contributed by atoms with Crippen molar-refractivity contribution in [3.05, 3.63) is 29.8 Å². The van der Waals surface area contributed by atoms with E-state index in [2.05, 4.69) is 0 Å². The summed E-state index contributed by atoms with van der Waals surface area (Å²) >= 11 is 0. The van der Waals surface area contributed by atoms with E-state index in [1.54, 1.807) is 31.2 Å². The molecule has 0 fully saturated rings. The summed E-state index contributed by atoms with van der Waals surface area (Å²) in [4.78, 5) is 22.5. The lowest BCUT2D eigenvalue weighted by atomic mass is 9.88. The number of hydrogen-bond acceptors (Lipinski definition) is 3. The molecule has 0 saturated carbocycles. The van der Waals surface area contributed by atoms with Gasteiger partial charge in [-0.25, -0.2) is 0 Å². The van der Waals surface area contributed by atoms with E-state index < -0.39 is 11.6 Å². The number of carboxylic acid groups (broad SMARTS) is 1. The third kappa shape index (κ3) is 2.46. The van der Waals surface area contributed by atoms with Gasteiger partial charge in [-0.1, -0.05) is 12.1 Å². The molecule has 0 aliphatic carbocycles. The van der Waals surface area contributed by atoms with Crippen LogP contribution in [0.25, 0.3) is 0 Å². The summed E-state index contributed by atoms with van der Waals surface area (Å²) in [7, 11) is 0. The topological polar surface area (TPSA) is 63.6 Å². The Bertz CT molecular complexity index is 466. The quantitative estimate of drug-likeness (QED) is 0.871. The number of rotatable bonds is 3. The number of ketones is 1. The van der Waals surface area contributed by atoms with E-state index in [0.29, 0.717) is 17.7 Å². The molecule has 0 saturated heterocycles. The highest BCUT2D eigenvalue weighted by atomic mass is 16.5. The number of fused-ring (bicyclic) bond motifs is 1. The van der Waals surface area contributed by atoms with Crippen molar-refractivity contribution in [3.8, 4) is 5.75 Å². The highest BCUT2D eigenvalue weighted by molar-refractivity contribution is 6.00. The van der Waals surface area contributed by atoms with Gasteiger partial charge < -0.3 is 9.84 Å². The van der Waals surface area contributed by atoms with Crippen LogP contribution >= 0.6 is 0 Å². The summed E-state index contributed by atoms with van der Waals surface area (Å²) in [5.74, 6) is -0.308. The second kappa shape index (κ2) is 4.20. The molecule has 90 valence electrons. The van der Waals surface area contributed by atoms with Crippen LogP contribution in [0.2, 0.25) is 0 Å². The fourth-order valence-electron chi connectivity index (χ4n) is 2.03. The minimum atomic E-state index is -0.874. The monoisotopic (exact) mass is 234 g/mol. The van der Waals surface area contributed by atoms with Crippen LogP contribution in [0.1, 0.15) is 36.5 Å². The molecule has 1 heterocycles. The van der Waals surface area contributed by atoms with Crippen molar-refractivity contribution in [2.45, 2.75) is 31.8 Å². The van der Waals surface area contributed by atoms with Crippen LogP contribution in [-0.2, 0) is 4.79 Å². The molecule has 1 aromatic rings. The van der Waals surface area contributed by atoms with Crippen LogP contribution < -0.4 is 4.74 Å². The molecule has 1 aliphatic heterocycles. The zero-order valence-electron chi connectivity index (χ0n) is 9.60. The molecular formula is C13H14O4. The van der Waals surface area contributed by atoms with E-state index in [0.717, 1.165) is 0 Å². The van der Waals surface area contributed by atoms with E-state index in [-0.39, 0.29) is 18.6 Å². The Kier molecular flexibility index (Phi) is 2.88. The summed E-state index contributed by atoms with van der Waals surface area (Å²) in [5.41, 5.74) is -0.121. The fourth-order valence-corrected chi connectivity index (χ4v) is 2.03. The molecule has 1 unspecified atom stereocenters. The number of ether oxygens (including phenoxy) is 1. The molecule has 2 rings (SSSR count). The van der Waals surface area contributed by atoms with Crippen molar-refractivity contribution in [1.29, 1.82) is 0 Å². The van der Waals surface area contributed by atoms with Gasteiger partial charge in [0, 0.05) is 6.42 Å². The molecule has 0 radical (unpaired) electrons. The van der Waals surface area contributed by atoms with E-state index in [1.807, 2.05) is 0 Å². The molecule has 4 nitrogen and oxygen atoms in total. The van der Waals surface area contributed by atoms with E-state index in [1.165, 1.54) is 0 Å². The lowest BCUT2D eigenvalue weighted by molar-refractivity contribution is -0.138. The minimum absolute atomic E-state index is 0.00590. The lowest BCUT2D eigenvalue weighted by Gasteiger charge is -2.34. The van der Waals surface area contributed by atoms with Crippen molar-refractivity contribution < 1.29 is 19.4 Å². The number of carboxylic acids is 1. The maximum atomic E-state index is 11.9. The first kappa shape index (κ1) is 11.6. The Balaban J connectivity index is 2.21. The van der Waals surface area contributed by atoms with Gasteiger partial charge in [-0.2, -0.15) is 0 Å². The predicted molar refractivity (Wildman–Crippen MR) is 61.3 cm³/mol. The molecule has 4 heteroatoms. The first-order valence-corrected chi connectivity index (χ1v) is 5.53. The van der Waals surface area contributed by atoms with Gasteiger partial charge in [-0.05, 0) is 25.5 Å². The molecule has 1 aliphatic rings. The number of para-hydroxylation sites is 1. The maximum absolute atomic E-state index is 11.9. The summed E-state index contributed by atoms with van der Waals surface area (Å²) < 4.78 is 5.76. The van der Waals surface area contributed by atoms with Crippen molar-refractivity contribution in [2.24, 2.45) is 0 Å². The Morgan fingerprint density at radius 3 is 2.88 bits per heavy atom. The third-order valence-corrected chi connectivity index (χ3v) is 2.95. The molecule has 0 spiro atoms. The Labute approximate surface area is 99.2 Å². The average molecular weight is 234 g/mol. The van der Waals surface area contributed by atoms with Gasteiger partial charge in [-0.3, -0.25) is 9.59 Å². The Hall–Kier alpha value is -1.84. The largest absolute Gasteiger partial charge is 0.486 e. The average Bonchev–Trinajstić information content (AvgIpc) is 2.26. The van der Waals surface area contributed by atoms with Crippen molar-refractivity contribution in [1.82, 2.24) is 0 Å². The van der Waals surface area contributed by atoms with Crippen LogP contribution in [0.3, 0.4) is 0 Å². The number of benzene rings is 1. The molecule has 1 aromatic carbocycles. The zero-order valence-corrected chi connectivity index (χ0v) is 9.60. The minimum Gasteiger partial charge on any atom is -0.486 e.